The van der Waals surface area contributed by atoms with Gasteiger partial charge in [0.1, 0.15) is 23.2 Å². The molecular weight excluding hydrogens is 478 g/mol. The molecule has 188 valence electrons. The van der Waals surface area contributed by atoms with E-state index in [1.807, 2.05) is 12.1 Å². The van der Waals surface area contributed by atoms with Crippen LogP contribution in [0.5, 0.6) is 5.75 Å². The molecule has 0 radical (unpaired) electrons. The van der Waals surface area contributed by atoms with Crippen LogP contribution >= 0.6 is 0 Å². The van der Waals surface area contributed by atoms with Crippen molar-refractivity contribution >= 4 is 10.8 Å². The molecule has 0 bridgehead atoms. The van der Waals surface area contributed by atoms with Gasteiger partial charge >= 0.3 is 6.36 Å². The highest BCUT2D eigenvalue weighted by molar-refractivity contribution is 5.89. The van der Waals surface area contributed by atoms with Crippen molar-refractivity contribution in [2.45, 2.75) is 45.4 Å². The van der Waals surface area contributed by atoms with Crippen LogP contribution in [0.4, 0.5) is 26.3 Å². The largest absolute Gasteiger partial charge is 0.573 e. The van der Waals surface area contributed by atoms with Crippen molar-refractivity contribution in [1.82, 2.24) is 0 Å². The second kappa shape index (κ2) is 10.6. The normalized spacial score (nSPS) is 11.8. The van der Waals surface area contributed by atoms with Crippen LogP contribution in [0.15, 0.2) is 66.7 Å². The molecule has 0 fully saturated rings. The minimum atomic E-state index is -4.88. The molecular formula is C29H24F6O. The van der Waals surface area contributed by atoms with E-state index in [-0.39, 0.29) is 16.7 Å². The number of fused-ring (bicyclic) bond motifs is 1. The van der Waals surface area contributed by atoms with E-state index in [4.69, 9.17) is 0 Å². The van der Waals surface area contributed by atoms with E-state index >= 15 is 4.39 Å². The smallest absolute Gasteiger partial charge is 0.406 e. The zero-order valence-electron chi connectivity index (χ0n) is 19.6. The second-order valence-corrected chi connectivity index (χ2v) is 8.68. The predicted molar refractivity (Wildman–Crippen MR) is 129 cm³/mol. The monoisotopic (exact) mass is 502 g/mol. The summed E-state index contributed by atoms with van der Waals surface area (Å²) in [7, 11) is 0. The van der Waals surface area contributed by atoms with Gasteiger partial charge in [-0.15, -0.1) is 13.2 Å². The molecule has 0 atom stereocenters. The topological polar surface area (TPSA) is 9.23 Å². The number of aryl methyl sites for hydroxylation is 1. The number of unbranched alkanes of at least 4 members (excludes halogenated alkanes) is 3. The van der Waals surface area contributed by atoms with Crippen LogP contribution in [0.2, 0.25) is 0 Å². The number of alkyl halides is 3. The molecule has 0 unspecified atom stereocenters. The second-order valence-electron chi connectivity index (χ2n) is 8.68. The van der Waals surface area contributed by atoms with Crippen molar-refractivity contribution in [3.05, 3.63) is 89.7 Å². The Kier molecular flexibility index (Phi) is 7.57. The summed E-state index contributed by atoms with van der Waals surface area (Å²) in [4.78, 5) is 0. The highest BCUT2D eigenvalue weighted by atomic mass is 19.4. The van der Waals surface area contributed by atoms with Crippen molar-refractivity contribution in [3.8, 4) is 28.0 Å². The molecule has 4 aromatic carbocycles. The Labute approximate surface area is 205 Å². The standard InChI is InChI=1S/C29H24F6O/c1-2-3-4-5-6-18-7-13-23-20(15-18)10-14-24(28(23)32)21-16-25(30)27(26(31)17-21)19-8-11-22(12-9-19)36-29(33,34)35/h7-17H,2-6H2,1H3. The molecule has 0 saturated heterocycles. The molecule has 0 heterocycles. The zero-order chi connectivity index (χ0) is 25.9. The van der Waals surface area contributed by atoms with E-state index in [1.165, 1.54) is 12.5 Å². The number of hydrogen-bond acceptors (Lipinski definition) is 1. The fourth-order valence-corrected chi connectivity index (χ4v) is 4.30. The van der Waals surface area contributed by atoms with Gasteiger partial charge in [0, 0.05) is 10.9 Å². The van der Waals surface area contributed by atoms with E-state index < -0.39 is 35.1 Å². The first-order valence-corrected chi connectivity index (χ1v) is 11.7. The minimum Gasteiger partial charge on any atom is -0.406 e. The third-order valence-electron chi connectivity index (χ3n) is 6.07. The number of benzene rings is 4. The summed E-state index contributed by atoms with van der Waals surface area (Å²) in [6.45, 7) is 2.15. The summed E-state index contributed by atoms with van der Waals surface area (Å²) < 4.78 is 86.1. The SMILES string of the molecule is CCCCCCc1ccc2c(F)c(-c3cc(F)c(-c4ccc(OC(F)(F)F)cc4)c(F)c3)ccc2c1. The van der Waals surface area contributed by atoms with E-state index in [9.17, 15) is 22.0 Å². The Balaban J connectivity index is 1.62. The van der Waals surface area contributed by atoms with Crippen LogP contribution in [-0.4, -0.2) is 6.36 Å². The number of halogens is 6. The van der Waals surface area contributed by atoms with E-state index in [0.717, 1.165) is 67.6 Å². The molecule has 0 aliphatic rings. The molecule has 7 heteroatoms. The molecule has 0 aliphatic carbocycles. The van der Waals surface area contributed by atoms with Crippen molar-refractivity contribution in [2.75, 3.05) is 0 Å². The lowest BCUT2D eigenvalue weighted by atomic mass is 9.95. The molecule has 0 amide bonds. The molecule has 0 saturated carbocycles. The summed E-state index contributed by atoms with van der Waals surface area (Å²) in [6, 6.07) is 14.9. The lowest BCUT2D eigenvalue weighted by Crippen LogP contribution is -2.16. The predicted octanol–water partition coefficient (Wildman–Crippen LogP) is 9.61. The van der Waals surface area contributed by atoms with Crippen LogP contribution in [0.3, 0.4) is 0 Å². The summed E-state index contributed by atoms with van der Waals surface area (Å²) in [6.07, 6.45) is 0.552. The Morgan fingerprint density at radius 3 is 2.06 bits per heavy atom. The van der Waals surface area contributed by atoms with Crippen molar-refractivity contribution < 1.29 is 31.1 Å². The van der Waals surface area contributed by atoms with Crippen molar-refractivity contribution in [3.63, 3.8) is 0 Å². The van der Waals surface area contributed by atoms with Gasteiger partial charge in [-0.25, -0.2) is 13.2 Å². The summed E-state index contributed by atoms with van der Waals surface area (Å²) >= 11 is 0. The third kappa shape index (κ3) is 5.83. The van der Waals surface area contributed by atoms with Gasteiger partial charge in [-0.3, -0.25) is 0 Å². The first-order valence-electron chi connectivity index (χ1n) is 11.7. The van der Waals surface area contributed by atoms with Gasteiger partial charge < -0.3 is 4.74 Å². The van der Waals surface area contributed by atoms with E-state index in [1.54, 1.807) is 12.1 Å². The molecule has 0 N–H and O–H groups in total. The molecule has 0 aliphatic heterocycles. The van der Waals surface area contributed by atoms with Gasteiger partial charge in [-0.2, -0.15) is 0 Å². The molecule has 36 heavy (non-hydrogen) atoms. The molecule has 1 nitrogen and oxygen atoms in total. The lowest BCUT2D eigenvalue weighted by molar-refractivity contribution is -0.274. The van der Waals surface area contributed by atoms with Gasteiger partial charge in [0.05, 0.1) is 5.56 Å². The van der Waals surface area contributed by atoms with E-state index in [0.29, 0.717) is 10.8 Å². The first kappa shape index (κ1) is 25.6. The highest BCUT2D eigenvalue weighted by Gasteiger charge is 2.31. The molecule has 4 rings (SSSR count). The van der Waals surface area contributed by atoms with Crippen LogP contribution in [0, 0.1) is 17.5 Å². The Bertz CT molecular complexity index is 1340. The van der Waals surface area contributed by atoms with E-state index in [2.05, 4.69) is 11.7 Å². The quantitative estimate of drug-likeness (QED) is 0.172. The maximum Gasteiger partial charge on any atom is 0.573 e. The Hall–Kier alpha value is -3.48. The Morgan fingerprint density at radius 1 is 0.722 bits per heavy atom. The minimum absolute atomic E-state index is 0.0221. The van der Waals surface area contributed by atoms with Crippen molar-refractivity contribution in [1.29, 1.82) is 0 Å². The van der Waals surface area contributed by atoms with Crippen molar-refractivity contribution in [2.24, 2.45) is 0 Å². The number of rotatable bonds is 8. The molecule has 4 aromatic rings. The average Bonchev–Trinajstić information content (AvgIpc) is 2.82. The van der Waals surface area contributed by atoms with Gasteiger partial charge in [-0.05, 0) is 59.2 Å². The van der Waals surface area contributed by atoms with Crippen LogP contribution < -0.4 is 4.74 Å². The zero-order valence-corrected chi connectivity index (χ0v) is 19.6. The summed E-state index contributed by atoms with van der Waals surface area (Å²) in [5, 5.41) is 1.07. The van der Waals surface area contributed by atoms with Crippen LogP contribution in [-0.2, 0) is 6.42 Å². The highest BCUT2D eigenvalue weighted by Crippen LogP contribution is 2.35. The fraction of sp³-hybridized carbons (Fsp3) is 0.241. The summed E-state index contributed by atoms with van der Waals surface area (Å²) in [5.41, 5.74) is 0.784. The third-order valence-corrected chi connectivity index (χ3v) is 6.07. The molecule has 0 aromatic heterocycles. The lowest BCUT2D eigenvalue weighted by Gasteiger charge is -2.12. The maximum absolute atomic E-state index is 15.4. The Morgan fingerprint density at radius 2 is 1.42 bits per heavy atom. The average molecular weight is 502 g/mol. The summed E-state index contributed by atoms with van der Waals surface area (Å²) in [5.74, 6) is -3.01. The molecule has 0 spiro atoms. The van der Waals surface area contributed by atoms with Crippen LogP contribution in [0.1, 0.15) is 38.2 Å². The van der Waals surface area contributed by atoms with Crippen LogP contribution in [0.25, 0.3) is 33.0 Å². The fourth-order valence-electron chi connectivity index (χ4n) is 4.30. The number of ether oxygens (including phenoxy) is 1. The first-order chi connectivity index (χ1) is 17.2. The van der Waals surface area contributed by atoms with Gasteiger partial charge in [0.2, 0.25) is 0 Å². The number of hydrogen-bond donors (Lipinski definition) is 0. The van der Waals surface area contributed by atoms with Gasteiger partial charge in [0.25, 0.3) is 0 Å². The van der Waals surface area contributed by atoms with Gasteiger partial charge in [0.15, 0.2) is 0 Å². The maximum atomic E-state index is 15.4. The van der Waals surface area contributed by atoms with Gasteiger partial charge in [-0.1, -0.05) is 68.7 Å².